The maximum atomic E-state index is 9.85. The number of fused-ring (bicyclic) bond motifs is 2. The third-order valence-corrected chi connectivity index (χ3v) is 5.20. The van der Waals surface area contributed by atoms with Crippen LogP contribution in [0.2, 0.25) is 0 Å². The van der Waals surface area contributed by atoms with Crippen molar-refractivity contribution in [1.82, 2.24) is 0 Å². The molecular formula is C26H33NO3. The standard InChI is InChI=1S/C26H33NO3/c1-16(2)22-19-11-9-8-10-18(19)20(12-13-28)23-24(27-15-29-7)17(3)21(30-25(22)23)14-26(4,5)6/h8-11,14,16,28H,3,12-13,15H2,1-2,4-7H3/b21-14+,27-24-. The Morgan fingerprint density at radius 3 is 2.43 bits per heavy atom. The Kier molecular flexibility index (Phi) is 6.49. The lowest BCUT2D eigenvalue weighted by Crippen LogP contribution is -2.40. The molecule has 0 bridgehead atoms. The Bertz CT molecular complexity index is 1240. The summed E-state index contributed by atoms with van der Waals surface area (Å²) < 4.78 is 11.8. The first kappa shape index (κ1) is 22.3. The zero-order valence-electron chi connectivity index (χ0n) is 19.0. The van der Waals surface area contributed by atoms with Gasteiger partial charge in [0.05, 0.1) is 5.36 Å². The molecule has 0 aliphatic heterocycles. The van der Waals surface area contributed by atoms with Crippen LogP contribution in [0.1, 0.15) is 51.7 Å². The SMILES string of the molecule is C=c1/c(=C\C(C)(C)C)oc2c(C(C)C)c3ccccc3c(CCO)c2/c1=N\COC. The van der Waals surface area contributed by atoms with Crippen LogP contribution in [-0.2, 0) is 11.2 Å². The summed E-state index contributed by atoms with van der Waals surface area (Å²) in [4.78, 5) is 4.75. The summed E-state index contributed by atoms with van der Waals surface area (Å²) in [6, 6.07) is 8.34. The lowest BCUT2D eigenvalue weighted by molar-refractivity contribution is 0.206. The zero-order valence-corrected chi connectivity index (χ0v) is 19.0. The van der Waals surface area contributed by atoms with Crippen LogP contribution in [0.25, 0.3) is 34.4 Å². The first-order valence-corrected chi connectivity index (χ1v) is 10.5. The highest BCUT2D eigenvalue weighted by Gasteiger charge is 2.20. The van der Waals surface area contributed by atoms with E-state index in [4.69, 9.17) is 14.1 Å². The number of aliphatic hydroxyl groups is 1. The van der Waals surface area contributed by atoms with Gasteiger partial charge in [0.2, 0.25) is 0 Å². The molecular weight excluding hydrogens is 374 g/mol. The highest BCUT2D eigenvalue weighted by atomic mass is 16.5. The maximum Gasteiger partial charge on any atom is 0.141 e. The molecule has 30 heavy (non-hydrogen) atoms. The fourth-order valence-corrected chi connectivity index (χ4v) is 4.06. The van der Waals surface area contributed by atoms with Gasteiger partial charge in [0.1, 0.15) is 17.7 Å². The van der Waals surface area contributed by atoms with Gasteiger partial charge in [-0.3, -0.25) is 4.99 Å². The molecule has 0 saturated heterocycles. The van der Waals surface area contributed by atoms with Gasteiger partial charge in [0, 0.05) is 29.9 Å². The predicted molar refractivity (Wildman–Crippen MR) is 125 cm³/mol. The number of benzene rings is 2. The van der Waals surface area contributed by atoms with Gasteiger partial charge in [-0.1, -0.05) is 65.5 Å². The summed E-state index contributed by atoms with van der Waals surface area (Å²) >= 11 is 0. The molecule has 0 fully saturated rings. The van der Waals surface area contributed by atoms with Crippen molar-refractivity contribution in [1.29, 1.82) is 0 Å². The van der Waals surface area contributed by atoms with E-state index >= 15 is 0 Å². The fraction of sp³-hybridized carbons (Fsp3) is 0.423. The Hall–Kier alpha value is -2.43. The van der Waals surface area contributed by atoms with Gasteiger partial charge in [0.15, 0.2) is 0 Å². The largest absolute Gasteiger partial charge is 0.456 e. The van der Waals surface area contributed by atoms with Crippen LogP contribution in [0.5, 0.6) is 0 Å². The number of nitrogens with zero attached hydrogens (tertiary/aromatic N) is 1. The van der Waals surface area contributed by atoms with Crippen molar-refractivity contribution in [3.05, 3.63) is 51.4 Å². The van der Waals surface area contributed by atoms with E-state index in [0.717, 1.165) is 48.9 Å². The van der Waals surface area contributed by atoms with Crippen LogP contribution >= 0.6 is 0 Å². The quantitative estimate of drug-likeness (QED) is 0.651. The van der Waals surface area contributed by atoms with Crippen molar-refractivity contribution < 1.29 is 14.3 Å². The molecule has 1 N–H and O–H groups in total. The fourth-order valence-electron chi connectivity index (χ4n) is 4.06. The Balaban J connectivity index is 2.73. The smallest absolute Gasteiger partial charge is 0.141 e. The van der Waals surface area contributed by atoms with E-state index in [1.807, 2.05) is 6.07 Å². The molecule has 3 rings (SSSR count). The van der Waals surface area contributed by atoms with Gasteiger partial charge >= 0.3 is 0 Å². The van der Waals surface area contributed by atoms with E-state index in [1.54, 1.807) is 7.11 Å². The first-order chi connectivity index (χ1) is 14.2. The molecule has 1 heterocycles. The number of aliphatic hydroxyl groups excluding tert-OH is 1. The van der Waals surface area contributed by atoms with Crippen molar-refractivity contribution >= 4 is 34.4 Å². The van der Waals surface area contributed by atoms with Gasteiger partial charge in [-0.25, -0.2) is 0 Å². The summed E-state index contributed by atoms with van der Waals surface area (Å²) in [5, 5.41) is 14.6. The van der Waals surface area contributed by atoms with Crippen LogP contribution in [0.15, 0.2) is 33.7 Å². The highest BCUT2D eigenvalue weighted by Crippen LogP contribution is 2.35. The molecule has 4 heteroatoms. The molecule has 4 nitrogen and oxygen atoms in total. The van der Waals surface area contributed by atoms with E-state index in [0.29, 0.717) is 6.42 Å². The van der Waals surface area contributed by atoms with Crippen molar-refractivity contribution in [2.45, 2.75) is 47.0 Å². The Labute approximate surface area is 178 Å². The Morgan fingerprint density at radius 2 is 1.87 bits per heavy atom. The summed E-state index contributed by atoms with van der Waals surface area (Å²) in [5.41, 5.74) is 3.67. The number of methoxy groups -OCH3 is 1. The summed E-state index contributed by atoms with van der Waals surface area (Å²) in [6.07, 6.45) is 2.62. The number of hydrogen-bond acceptors (Lipinski definition) is 4. The predicted octanol–water partition coefficient (Wildman–Crippen LogP) is 3.99. The second kappa shape index (κ2) is 8.75. The van der Waals surface area contributed by atoms with E-state index < -0.39 is 0 Å². The van der Waals surface area contributed by atoms with E-state index in [2.05, 4.69) is 65.5 Å². The van der Waals surface area contributed by atoms with E-state index in [1.165, 1.54) is 0 Å². The third kappa shape index (κ3) is 4.21. The molecule has 2 aromatic carbocycles. The van der Waals surface area contributed by atoms with E-state index in [-0.39, 0.29) is 24.7 Å². The molecule has 160 valence electrons. The van der Waals surface area contributed by atoms with Crippen LogP contribution in [0, 0.1) is 5.41 Å². The number of ether oxygens (including phenoxy) is 1. The topological polar surface area (TPSA) is 55.0 Å². The van der Waals surface area contributed by atoms with Crippen molar-refractivity contribution in [3.8, 4) is 0 Å². The number of rotatable bonds is 5. The highest BCUT2D eigenvalue weighted by molar-refractivity contribution is 6.03. The lowest BCUT2D eigenvalue weighted by atomic mass is 9.88. The molecule has 3 aromatic rings. The normalized spacial score (nSPS) is 13.9. The van der Waals surface area contributed by atoms with Crippen LogP contribution in [0.4, 0.5) is 0 Å². The lowest BCUT2D eigenvalue weighted by Gasteiger charge is -2.19. The molecule has 0 atom stereocenters. The number of hydrogen-bond donors (Lipinski definition) is 1. The molecule has 0 saturated carbocycles. The molecule has 0 aliphatic carbocycles. The molecule has 0 radical (unpaired) electrons. The molecule has 0 spiro atoms. The van der Waals surface area contributed by atoms with Crippen LogP contribution < -0.4 is 16.0 Å². The zero-order chi connectivity index (χ0) is 22.1. The minimum atomic E-state index is -0.0785. The van der Waals surface area contributed by atoms with Crippen molar-refractivity contribution in [2.75, 3.05) is 20.4 Å². The second-order valence-corrected chi connectivity index (χ2v) is 9.15. The van der Waals surface area contributed by atoms with Crippen LogP contribution in [-0.4, -0.2) is 25.6 Å². The van der Waals surface area contributed by atoms with Gasteiger partial charge in [0.25, 0.3) is 0 Å². The molecule has 0 aliphatic rings. The summed E-state index contributed by atoms with van der Waals surface area (Å²) in [6.45, 7) is 15.4. The van der Waals surface area contributed by atoms with Gasteiger partial charge in [-0.2, -0.15) is 0 Å². The average Bonchev–Trinajstić information content (AvgIpc) is 2.67. The van der Waals surface area contributed by atoms with Crippen molar-refractivity contribution in [2.24, 2.45) is 10.4 Å². The summed E-state index contributed by atoms with van der Waals surface area (Å²) in [5.74, 6) is 0.248. The maximum absolute atomic E-state index is 9.85. The molecule has 0 unspecified atom stereocenters. The van der Waals surface area contributed by atoms with Gasteiger partial charge in [-0.15, -0.1) is 0 Å². The molecule has 1 aromatic heterocycles. The average molecular weight is 408 g/mol. The Morgan fingerprint density at radius 1 is 1.20 bits per heavy atom. The third-order valence-electron chi connectivity index (χ3n) is 5.20. The monoisotopic (exact) mass is 407 g/mol. The minimum Gasteiger partial charge on any atom is -0.456 e. The second-order valence-electron chi connectivity index (χ2n) is 9.15. The van der Waals surface area contributed by atoms with E-state index in [9.17, 15) is 5.11 Å². The van der Waals surface area contributed by atoms with Crippen molar-refractivity contribution in [3.63, 3.8) is 0 Å². The summed E-state index contributed by atoms with van der Waals surface area (Å²) in [7, 11) is 1.63. The van der Waals surface area contributed by atoms with Crippen LogP contribution in [0.3, 0.4) is 0 Å². The first-order valence-electron chi connectivity index (χ1n) is 10.5. The minimum absolute atomic E-state index is 0.0478. The van der Waals surface area contributed by atoms with Gasteiger partial charge in [-0.05, 0) is 40.2 Å². The van der Waals surface area contributed by atoms with Gasteiger partial charge < -0.3 is 14.3 Å². The molecule has 0 amide bonds.